The van der Waals surface area contributed by atoms with Crippen molar-refractivity contribution in [2.75, 3.05) is 5.73 Å². The highest BCUT2D eigenvalue weighted by Crippen LogP contribution is 2.20. The fraction of sp³-hybridized carbons (Fsp3) is 0.600. The van der Waals surface area contributed by atoms with Crippen molar-refractivity contribution in [3.05, 3.63) is 11.8 Å². The zero-order valence-electron chi connectivity index (χ0n) is 10.3. The van der Waals surface area contributed by atoms with Crippen LogP contribution in [0.2, 0.25) is 0 Å². The molecule has 0 fully saturated rings. The highest BCUT2D eigenvalue weighted by Gasteiger charge is 2.31. The molecule has 0 aliphatic heterocycles. The molecule has 7 heteroatoms. The van der Waals surface area contributed by atoms with Gasteiger partial charge in [0.25, 0.3) is 5.12 Å². The fourth-order valence-electron chi connectivity index (χ4n) is 1.31. The second kappa shape index (κ2) is 4.48. The zero-order chi connectivity index (χ0) is 13.4. The molecule has 1 aromatic heterocycles. The summed E-state index contributed by atoms with van der Waals surface area (Å²) in [4.78, 5) is 11.8. The Balaban J connectivity index is 3.24. The lowest BCUT2D eigenvalue weighted by Gasteiger charge is -2.09. The van der Waals surface area contributed by atoms with Gasteiger partial charge in [-0.05, 0) is 27.7 Å². The van der Waals surface area contributed by atoms with Crippen molar-refractivity contribution in [1.29, 1.82) is 0 Å². The molecule has 0 spiro atoms. The fourth-order valence-corrected chi connectivity index (χ4v) is 2.20. The van der Waals surface area contributed by atoms with E-state index in [9.17, 15) is 13.2 Å². The Labute approximate surface area is 101 Å². The lowest BCUT2D eigenvalue weighted by molar-refractivity contribution is 0.107. The molecule has 1 heterocycles. The molecule has 6 nitrogen and oxygen atoms in total. The summed E-state index contributed by atoms with van der Waals surface area (Å²) < 4.78 is 24.9. The number of aromatic nitrogens is 2. The number of hydrogen-bond acceptors (Lipinski definition) is 5. The van der Waals surface area contributed by atoms with Crippen molar-refractivity contribution in [2.45, 2.75) is 39.0 Å². The third kappa shape index (κ3) is 2.33. The Morgan fingerprint density at radius 1 is 1.35 bits per heavy atom. The van der Waals surface area contributed by atoms with Crippen LogP contribution in [0.25, 0.3) is 0 Å². The highest BCUT2D eigenvalue weighted by atomic mass is 32.2. The van der Waals surface area contributed by atoms with Gasteiger partial charge in [-0.1, -0.05) is 0 Å². The Bertz CT molecular complexity index is 529. The predicted molar refractivity (Wildman–Crippen MR) is 65.4 cm³/mol. The molecule has 0 aliphatic carbocycles. The summed E-state index contributed by atoms with van der Waals surface area (Å²) in [6.45, 7) is 6.59. The van der Waals surface area contributed by atoms with E-state index < -0.39 is 20.2 Å². The maximum atomic E-state index is 11.8. The van der Waals surface area contributed by atoms with Crippen LogP contribution in [0.4, 0.5) is 5.82 Å². The molecule has 96 valence electrons. The number of anilines is 1. The zero-order valence-corrected chi connectivity index (χ0v) is 11.2. The van der Waals surface area contributed by atoms with Crippen LogP contribution in [0.3, 0.4) is 0 Å². The molecule has 0 unspecified atom stereocenters. The van der Waals surface area contributed by atoms with Crippen molar-refractivity contribution in [3.8, 4) is 0 Å². The average molecular weight is 259 g/mol. The normalized spacial score (nSPS) is 12.4. The summed E-state index contributed by atoms with van der Waals surface area (Å²) in [5, 5.41) is 2.19. The van der Waals surface area contributed by atoms with Crippen LogP contribution in [0.5, 0.6) is 0 Å². The number of hydrogen-bond donors (Lipinski definition) is 1. The molecular formula is C10H17N3O3S. The second-order valence-electron chi connectivity index (χ2n) is 4.36. The van der Waals surface area contributed by atoms with Crippen LogP contribution in [-0.2, 0) is 9.84 Å². The SMILES string of the molecule is CC(C)n1ncc(C(=O)S(=O)(=O)C(C)C)c1N. The minimum Gasteiger partial charge on any atom is -0.383 e. The monoisotopic (exact) mass is 259 g/mol. The lowest BCUT2D eigenvalue weighted by atomic mass is 10.3. The second-order valence-corrected chi connectivity index (χ2v) is 6.77. The summed E-state index contributed by atoms with van der Waals surface area (Å²) in [5.41, 5.74) is 5.67. The van der Waals surface area contributed by atoms with Gasteiger partial charge in [0.05, 0.1) is 17.0 Å². The smallest absolute Gasteiger partial charge is 0.282 e. The van der Waals surface area contributed by atoms with E-state index in [0.29, 0.717) is 0 Å². The van der Waals surface area contributed by atoms with E-state index in [4.69, 9.17) is 5.73 Å². The maximum absolute atomic E-state index is 11.8. The van der Waals surface area contributed by atoms with Gasteiger partial charge in [0, 0.05) is 6.04 Å². The van der Waals surface area contributed by atoms with Crippen molar-refractivity contribution in [1.82, 2.24) is 9.78 Å². The minimum atomic E-state index is -3.84. The molecule has 1 aromatic rings. The minimum absolute atomic E-state index is 0.0293. The summed E-state index contributed by atoms with van der Waals surface area (Å²) in [6.07, 6.45) is 1.21. The number of sulfone groups is 1. The lowest BCUT2D eigenvalue weighted by Crippen LogP contribution is -2.24. The molecule has 0 saturated carbocycles. The highest BCUT2D eigenvalue weighted by molar-refractivity contribution is 8.07. The molecule has 1 rings (SSSR count). The van der Waals surface area contributed by atoms with Gasteiger partial charge in [-0.25, -0.2) is 13.1 Å². The first-order chi connectivity index (χ1) is 7.69. The molecule has 0 bridgehead atoms. The molecule has 0 atom stereocenters. The molecule has 2 N–H and O–H groups in total. The van der Waals surface area contributed by atoms with Crippen LogP contribution in [0.15, 0.2) is 6.20 Å². The third-order valence-corrected chi connectivity index (χ3v) is 4.40. The topological polar surface area (TPSA) is 95.0 Å². The van der Waals surface area contributed by atoms with E-state index >= 15 is 0 Å². The van der Waals surface area contributed by atoms with Crippen molar-refractivity contribution < 1.29 is 13.2 Å². The summed E-state index contributed by atoms with van der Waals surface area (Å²) >= 11 is 0. The molecule has 0 amide bonds. The maximum Gasteiger partial charge on any atom is 0.282 e. The first-order valence-corrected chi connectivity index (χ1v) is 6.85. The van der Waals surface area contributed by atoms with E-state index in [1.165, 1.54) is 24.7 Å². The average Bonchev–Trinajstić information content (AvgIpc) is 2.58. The number of carbonyl (C=O) groups excluding carboxylic acids is 1. The van der Waals surface area contributed by atoms with E-state index in [1.54, 1.807) is 0 Å². The number of nitrogens with zero attached hydrogens (tertiary/aromatic N) is 2. The Kier molecular flexibility index (Phi) is 3.61. The van der Waals surface area contributed by atoms with E-state index in [2.05, 4.69) is 5.10 Å². The van der Waals surface area contributed by atoms with Crippen LogP contribution < -0.4 is 5.73 Å². The van der Waals surface area contributed by atoms with Crippen molar-refractivity contribution in [2.24, 2.45) is 0 Å². The van der Waals surface area contributed by atoms with Gasteiger partial charge in [-0.15, -0.1) is 0 Å². The van der Waals surface area contributed by atoms with Crippen molar-refractivity contribution >= 4 is 20.8 Å². The third-order valence-electron chi connectivity index (χ3n) is 2.42. The number of carbonyl (C=O) groups is 1. The van der Waals surface area contributed by atoms with Crippen LogP contribution in [-0.4, -0.2) is 28.6 Å². The van der Waals surface area contributed by atoms with Crippen LogP contribution >= 0.6 is 0 Å². The van der Waals surface area contributed by atoms with Gasteiger partial charge < -0.3 is 5.73 Å². The van der Waals surface area contributed by atoms with E-state index in [-0.39, 0.29) is 17.4 Å². The molecule has 17 heavy (non-hydrogen) atoms. The van der Waals surface area contributed by atoms with Gasteiger partial charge in [0.1, 0.15) is 5.82 Å². The quantitative estimate of drug-likeness (QED) is 0.874. The molecule has 0 saturated heterocycles. The number of rotatable bonds is 3. The molecular weight excluding hydrogens is 242 g/mol. The van der Waals surface area contributed by atoms with Gasteiger partial charge in [0.15, 0.2) is 0 Å². The predicted octanol–water partition coefficient (Wildman–Crippen LogP) is 1.01. The summed E-state index contributed by atoms with van der Waals surface area (Å²) in [7, 11) is -3.84. The van der Waals surface area contributed by atoms with Gasteiger partial charge in [-0.3, -0.25) is 4.79 Å². The Hall–Kier alpha value is -1.37. The first kappa shape index (κ1) is 13.7. The Morgan fingerprint density at radius 2 is 1.88 bits per heavy atom. The van der Waals surface area contributed by atoms with Gasteiger partial charge in [-0.2, -0.15) is 5.10 Å². The standard InChI is InChI=1S/C10H17N3O3S/c1-6(2)13-9(11)8(5-12-13)10(14)17(15,16)7(3)4/h5-7H,11H2,1-4H3. The molecule has 0 aliphatic rings. The van der Waals surface area contributed by atoms with Gasteiger partial charge >= 0.3 is 0 Å². The van der Waals surface area contributed by atoms with Crippen molar-refractivity contribution in [3.63, 3.8) is 0 Å². The van der Waals surface area contributed by atoms with E-state index in [1.807, 2.05) is 13.8 Å². The Morgan fingerprint density at radius 3 is 2.24 bits per heavy atom. The summed E-state index contributed by atoms with van der Waals surface area (Å²) in [5.74, 6) is 0.0919. The van der Waals surface area contributed by atoms with E-state index in [0.717, 1.165) is 0 Å². The first-order valence-electron chi connectivity index (χ1n) is 5.30. The summed E-state index contributed by atoms with van der Waals surface area (Å²) in [6, 6.07) is -0.0293. The van der Waals surface area contributed by atoms with Crippen LogP contribution in [0, 0.1) is 0 Å². The number of nitrogens with two attached hydrogens (primary N) is 1. The number of nitrogen functional groups attached to an aromatic ring is 1. The molecule has 0 aromatic carbocycles. The largest absolute Gasteiger partial charge is 0.383 e. The van der Waals surface area contributed by atoms with Crippen LogP contribution in [0.1, 0.15) is 44.1 Å². The van der Waals surface area contributed by atoms with Gasteiger partial charge in [0.2, 0.25) is 9.84 Å². The molecule has 0 radical (unpaired) electrons.